The molecule has 0 spiro atoms. The molecule has 1 aliphatic heterocycles. The van der Waals surface area contributed by atoms with E-state index in [4.69, 9.17) is 0 Å². The quantitative estimate of drug-likeness (QED) is 0.808. The van der Waals surface area contributed by atoms with Crippen LogP contribution < -0.4 is 0 Å². The van der Waals surface area contributed by atoms with Gasteiger partial charge in [0, 0.05) is 25.2 Å². The third-order valence-corrected chi connectivity index (χ3v) is 4.86. The molecule has 4 nitrogen and oxygen atoms in total. The number of piperidine rings is 1. The number of nitrogens with zero attached hydrogens (tertiary/aromatic N) is 4. The Bertz CT molecular complexity index is 584. The summed E-state index contributed by atoms with van der Waals surface area (Å²) in [6.45, 7) is 8.25. The highest BCUT2D eigenvalue weighted by molar-refractivity contribution is 5.57. The Hall–Kier alpha value is -1.68. The van der Waals surface area contributed by atoms with Gasteiger partial charge in [-0.15, -0.1) is 5.10 Å². The molecule has 23 heavy (non-hydrogen) atoms. The second kappa shape index (κ2) is 7.73. The van der Waals surface area contributed by atoms with Gasteiger partial charge in [0.15, 0.2) is 0 Å². The first kappa shape index (κ1) is 16.2. The maximum atomic E-state index is 4.38. The van der Waals surface area contributed by atoms with Crippen molar-refractivity contribution in [3.8, 4) is 11.3 Å². The molecule has 2 heterocycles. The van der Waals surface area contributed by atoms with Gasteiger partial charge in [-0.05, 0) is 25.2 Å². The lowest BCUT2D eigenvalue weighted by Gasteiger charge is -2.33. The number of hydrogen-bond donors (Lipinski definition) is 0. The minimum atomic E-state index is 0.498. The minimum Gasteiger partial charge on any atom is -0.303 e. The molecule has 1 saturated heterocycles. The number of benzene rings is 1. The normalized spacial score (nSPS) is 18.2. The van der Waals surface area contributed by atoms with Gasteiger partial charge in [0.1, 0.15) is 5.69 Å². The van der Waals surface area contributed by atoms with E-state index < -0.39 is 0 Å². The Labute approximate surface area is 139 Å². The predicted molar refractivity (Wildman–Crippen MR) is 94.2 cm³/mol. The molecule has 1 aliphatic rings. The summed E-state index contributed by atoms with van der Waals surface area (Å²) in [6, 6.07) is 10.8. The number of likely N-dealkylation sites (tertiary alicyclic amines) is 1. The predicted octanol–water partition coefficient (Wildman–Crippen LogP) is 4.02. The van der Waals surface area contributed by atoms with Crippen LogP contribution in [0.1, 0.15) is 45.6 Å². The Balaban J connectivity index is 1.55. The first-order valence-electron chi connectivity index (χ1n) is 8.96. The van der Waals surface area contributed by atoms with E-state index in [0.29, 0.717) is 6.04 Å². The van der Waals surface area contributed by atoms with Crippen LogP contribution in [-0.2, 0) is 0 Å². The summed E-state index contributed by atoms with van der Waals surface area (Å²) in [6.07, 6.45) is 7.09. The summed E-state index contributed by atoms with van der Waals surface area (Å²) >= 11 is 0. The SMILES string of the molecule is CCCC(C)CN1CCC(n2cc(-c3ccccc3)nn2)CC1. The molecule has 0 radical (unpaired) electrons. The fourth-order valence-corrected chi connectivity index (χ4v) is 3.59. The summed E-state index contributed by atoms with van der Waals surface area (Å²) in [7, 11) is 0. The van der Waals surface area contributed by atoms with Gasteiger partial charge in [0.25, 0.3) is 0 Å². The monoisotopic (exact) mass is 312 g/mol. The van der Waals surface area contributed by atoms with Crippen molar-refractivity contribution in [1.29, 1.82) is 0 Å². The average molecular weight is 312 g/mol. The maximum absolute atomic E-state index is 4.38. The second-order valence-electron chi connectivity index (χ2n) is 6.88. The number of rotatable bonds is 6. The van der Waals surface area contributed by atoms with Gasteiger partial charge in [0.2, 0.25) is 0 Å². The Morgan fingerprint density at radius 1 is 1.17 bits per heavy atom. The van der Waals surface area contributed by atoms with Crippen molar-refractivity contribution in [2.45, 2.75) is 45.6 Å². The average Bonchev–Trinajstić information content (AvgIpc) is 3.07. The zero-order valence-electron chi connectivity index (χ0n) is 14.4. The van der Waals surface area contributed by atoms with Crippen LogP contribution in [0.25, 0.3) is 11.3 Å². The molecule has 3 rings (SSSR count). The van der Waals surface area contributed by atoms with E-state index in [1.807, 2.05) is 18.2 Å². The van der Waals surface area contributed by atoms with Crippen LogP contribution in [0.3, 0.4) is 0 Å². The van der Waals surface area contributed by atoms with Crippen molar-refractivity contribution < 1.29 is 0 Å². The summed E-state index contributed by atoms with van der Waals surface area (Å²) in [5, 5.41) is 8.73. The third kappa shape index (κ3) is 4.20. The summed E-state index contributed by atoms with van der Waals surface area (Å²) < 4.78 is 2.08. The first-order valence-corrected chi connectivity index (χ1v) is 8.96. The van der Waals surface area contributed by atoms with Crippen molar-refractivity contribution in [2.75, 3.05) is 19.6 Å². The zero-order chi connectivity index (χ0) is 16.1. The fourth-order valence-electron chi connectivity index (χ4n) is 3.59. The highest BCUT2D eigenvalue weighted by Crippen LogP contribution is 2.24. The third-order valence-electron chi connectivity index (χ3n) is 4.86. The van der Waals surface area contributed by atoms with Crippen molar-refractivity contribution in [3.63, 3.8) is 0 Å². The van der Waals surface area contributed by atoms with Crippen LogP contribution in [0, 0.1) is 5.92 Å². The summed E-state index contributed by atoms with van der Waals surface area (Å²) in [5.41, 5.74) is 2.12. The highest BCUT2D eigenvalue weighted by atomic mass is 15.4. The topological polar surface area (TPSA) is 34.0 Å². The van der Waals surface area contributed by atoms with Crippen molar-refractivity contribution in [2.24, 2.45) is 5.92 Å². The van der Waals surface area contributed by atoms with E-state index in [-0.39, 0.29) is 0 Å². The van der Waals surface area contributed by atoms with Gasteiger partial charge in [-0.2, -0.15) is 0 Å². The molecular weight excluding hydrogens is 284 g/mol. The molecule has 0 amide bonds. The lowest BCUT2D eigenvalue weighted by molar-refractivity contribution is 0.157. The van der Waals surface area contributed by atoms with E-state index >= 15 is 0 Å². The van der Waals surface area contributed by atoms with Gasteiger partial charge in [-0.25, -0.2) is 4.68 Å². The standard InChI is InChI=1S/C19H28N4/c1-3-7-16(2)14-22-12-10-18(11-13-22)23-15-19(20-21-23)17-8-5-4-6-9-17/h4-6,8-9,15-16,18H,3,7,10-14H2,1-2H3. The van der Waals surface area contributed by atoms with Crippen LogP contribution in [0.5, 0.6) is 0 Å². The van der Waals surface area contributed by atoms with Gasteiger partial charge in [-0.1, -0.05) is 55.8 Å². The maximum Gasteiger partial charge on any atom is 0.113 e. The second-order valence-corrected chi connectivity index (χ2v) is 6.88. The first-order chi connectivity index (χ1) is 11.3. The fraction of sp³-hybridized carbons (Fsp3) is 0.579. The van der Waals surface area contributed by atoms with E-state index in [2.05, 4.69) is 52.1 Å². The molecule has 0 N–H and O–H groups in total. The van der Waals surface area contributed by atoms with Crippen LogP contribution in [0.15, 0.2) is 36.5 Å². The summed E-state index contributed by atoms with van der Waals surface area (Å²) in [4.78, 5) is 2.62. The van der Waals surface area contributed by atoms with Crippen LogP contribution >= 0.6 is 0 Å². The van der Waals surface area contributed by atoms with Gasteiger partial charge < -0.3 is 4.90 Å². The van der Waals surface area contributed by atoms with E-state index in [0.717, 1.165) is 17.2 Å². The molecule has 0 bridgehead atoms. The largest absolute Gasteiger partial charge is 0.303 e. The lowest BCUT2D eigenvalue weighted by Crippen LogP contribution is -2.37. The Morgan fingerprint density at radius 2 is 1.91 bits per heavy atom. The van der Waals surface area contributed by atoms with Crippen LogP contribution in [-0.4, -0.2) is 39.5 Å². The highest BCUT2D eigenvalue weighted by Gasteiger charge is 2.22. The molecule has 0 saturated carbocycles. The minimum absolute atomic E-state index is 0.498. The van der Waals surface area contributed by atoms with Gasteiger partial charge >= 0.3 is 0 Å². The van der Waals surface area contributed by atoms with Crippen molar-refractivity contribution in [1.82, 2.24) is 19.9 Å². The molecule has 1 fully saturated rings. The van der Waals surface area contributed by atoms with E-state index in [9.17, 15) is 0 Å². The zero-order valence-corrected chi connectivity index (χ0v) is 14.4. The smallest absolute Gasteiger partial charge is 0.113 e. The Kier molecular flexibility index (Phi) is 5.44. The Morgan fingerprint density at radius 3 is 2.61 bits per heavy atom. The van der Waals surface area contributed by atoms with Crippen LogP contribution in [0.2, 0.25) is 0 Å². The molecule has 0 aliphatic carbocycles. The summed E-state index contributed by atoms with van der Waals surface area (Å²) in [5.74, 6) is 0.813. The molecule has 1 atom stereocenters. The molecular formula is C19H28N4. The number of hydrogen-bond acceptors (Lipinski definition) is 3. The van der Waals surface area contributed by atoms with E-state index in [1.54, 1.807) is 0 Å². The van der Waals surface area contributed by atoms with Crippen molar-refractivity contribution >= 4 is 0 Å². The molecule has 1 unspecified atom stereocenters. The van der Waals surface area contributed by atoms with Crippen LogP contribution in [0.4, 0.5) is 0 Å². The molecule has 2 aromatic rings. The molecule has 124 valence electrons. The molecule has 4 heteroatoms. The lowest BCUT2D eigenvalue weighted by atomic mass is 10.0. The molecule has 1 aromatic heterocycles. The number of aromatic nitrogens is 3. The van der Waals surface area contributed by atoms with E-state index in [1.165, 1.54) is 45.3 Å². The van der Waals surface area contributed by atoms with Crippen molar-refractivity contribution in [3.05, 3.63) is 36.5 Å². The van der Waals surface area contributed by atoms with Gasteiger partial charge in [-0.3, -0.25) is 0 Å². The van der Waals surface area contributed by atoms with Gasteiger partial charge in [0.05, 0.1) is 12.2 Å². The molecule has 1 aromatic carbocycles.